The summed E-state index contributed by atoms with van der Waals surface area (Å²) >= 11 is 0. The second-order valence-electron chi connectivity index (χ2n) is 2.71. The van der Waals surface area contributed by atoms with Crippen LogP contribution in [0.2, 0.25) is 0 Å². The van der Waals surface area contributed by atoms with Crippen LogP contribution in [-0.4, -0.2) is 50.7 Å². The second kappa shape index (κ2) is 5.27. The minimum Gasteiger partial charge on any atom is -0.481 e. The lowest BCUT2D eigenvalue weighted by atomic mass is 9.95. The van der Waals surface area contributed by atoms with Gasteiger partial charge in [0.25, 0.3) is 0 Å². The molecular weight excluding hydrogens is 212 g/mol. The Morgan fingerprint density at radius 1 is 1.00 bits per heavy atom. The quantitative estimate of drug-likeness (QED) is 0.390. The smallest absolute Gasteiger partial charge is 0.337 e. The number of carbonyl (C=O) groups is 3. The highest BCUT2D eigenvalue weighted by molar-refractivity contribution is 5.88. The van der Waals surface area contributed by atoms with Gasteiger partial charge in [-0.15, -0.1) is 0 Å². The minimum absolute atomic E-state index is 1.05. The minimum atomic E-state index is -2.44. The van der Waals surface area contributed by atoms with Crippen LogP contribution in [0.5, 0.6) is 0 Å². The van der Waals surface area contributed by atoms with E-state index in [0.717, 1.165) is 0 Å². The van der Waals surface area contributed by atoms with Gasteiger partial charge in [-0.05, 0) is 0 Å². The number of aliphatic hydroxyl groups is 1. The predicted molar refractivity (Wildman–Crippen MR) is 43.0 cm³/mol. The monoisotopic (exact) mass is 222 g/mol. The Morgan fingerprint density at radius 3 is 1.60 bits per heavy atom. The topological polar surface area (TPSA) is 141 Å². The number of ether oxygens (including phenoxy) is 1. The molecule has 0 aliphatic carbocycles. The number of hydrogen-bond donors (Lipinski definition) is 4. The zero-order chi connectivity index (χ0) is 12.1. The second-order valence-corrected chi connectivity index (χ2v) is 2.71. The molecule has 0 rings (SSSR count). The van der Waals surface area contributed by atoms with Gasteiger partial charge in [0.1, 0.15) is 6.79 Å². The van der Waals surface area contributed by atoms with E-state index < -0.39 is 43.1 Å². The molecule has 15 heavy (non-hydrogen) atoms. The van der Waals surface area contributed by atoms with Crippen molar-refractivity contribution in [1.82, 2.24) is 0 Å². The molecule has 0 spiro atoms. The van der Waals surface area contributed by atoms with Gasteiger partial charge in [0, 0.05) is 0 Å². The van der Waals surface area contributed by atoms with Crippen molar-refractivity contribution < 1.29 is 39.5 Å². The summed E-state index contributed by atoms with van der Waals surface area (Å²) < 4.78 is 4.31. The molecule has 86 valence electrons. The number of aliphatic carboxylic acids is 3. The van der Waals surface area contributed by atoms with E-state index >= 15 is 0 Å². The van der Waals surface area contributed by atoms with Crippen LogP contribution in [0.4, 0.5) is 0 Å². The first-order chi connectivity index (χ1) is 6.84. The Balaban J connectivity index is 4.96. The summed E-state index contributed by atoms with van der Waals surface area (Å²) in [5, 5.41) is 33.9. The maximum absolute atomic E-state index is 10.7. The van der Waals surface area contributed by atoms with Crippen molar-refractivity contribution in [2.45, 2.75) is 18.4 Å². The average molecular weight is 222 g/mol. The van der Waals surface area contributed by atoms with Gasteiger partial charge in [-0.1, -0.05) is 0 Å². The van der Waals surface area contributed by atoms with Crippen LogP contribution in [0.25, 0.3) is 0 Å². The zero-order valence-corrected chi connectivity index (χ0v) is 7.54. The Bertz CT molecular complexity index is 254. The van der Waals surface area contributed by atoms with E-state index in [0.29, 0.717) is 0 Å². The van der Waals surface area contributed by atoms with Gasteiger partial charge in [0.15, 0.2) is 5.60 Å². The molecule has 8 nitrogen and oxygen atoms in total. The first kappa shape index (κ1) is 13.3. The fraction of sp³-hybridized carbons (Fsp3) is 0.571. The Hall–Kier alpha value is -1.67. The van der Waals surface area contributed by atoms with Crippen LogP contribution in [-0.2, 0) is 19.1 Å². The van der Waals surface area contributed by atoms with E-state index in [-0.39, 0.29) is 0 Å². The van der Waals surface area contributed by atoms with Crippen LogP contribution >= 0.6 is 0 Å². The van der Waals surface area contributed by atoms with Gasteiger partial charge >= 0.3 is 17.9 Å². The maximum Gasteiger partial charge on any atom is 0.337 e. The van der Waals surface area contributed by atoms with Crippen LogP contribution in [0.1, 0.15) is 12.8 Å². The lowest BCUT2D eigenvalue weighted by Crippen LogP contribution is -2.45. The van der Waals surface area contributed by atoms with E-state index in [2.05, 4.69) is 4.74 Å². The van der Waals surface area contributed by atoms with E-state index in [1.807, 2.05) is 0 Å². The standard InChI is InChI=1S/C7H10O8/c8-3-15-7(6(13)14,1-4(9)10)2-5(11)12/h8H,1-3H2,(H,9,10)(H,11,12)(H,13,14). The Morgan fingerprint density at radius 2 is 1.40 bits per heavy atom. The third-order valence-electron chi connectivity index (χ3n) is 1.60. The van der Waals surface area contributed by atoms with Crippen LogP contribution in [0, 0.1) is 0 Å². The molecule has 0 unspecified atom stereocenters. The molecule has 0 saturated heterocycles. The number of rotatable bonds is 7. The third kappa shape index (κ3) is 3.92. The zero-order valence-electron chi connectivity index (χ0n) is 7.54. The Labute approximate surface area is 83.7 Å². The maximum atomic E-state index is 10.7. The predicted octanol–water partition coefficient (Wildman–Crippen LogP) is -1.27. The first-order valence-corrected chi connectivity index (χ1v) is 3.76. The van der Waals surface area contributed by atoms with Gasteiger partial charge in [0.05, 0.1) is 12.8 Å². The molecule has 0 saturated carbocycles. The van der Waals surface area contributed by atoms with Crippen LogP contribution < -0.4 is 0 Å². The molecule has 0 aromatic carbocycles. The van der Waals surface area contributed by atoms with Crippen molar-refractivity contribution in [3.63, 3.8) is 0 Å². The lowest BCUT2D eigenvalue weighted by Gasteiger charge is -2.24. The molecule has 0 amide bonds. The van der Waals surface area contributed by atoms with E-state index in [4.69, 9.17) is 20.4 Å². The number of carboxylic acids is 3. The van der Waals surface area contributed by atoms with Gasteiger partial charge in [-0.25, -0.2) is 4.79 Å². The van der Waals surface area contributed by atoms with Gasteiger partial charge in [-0.2, -0.15) is 0 Å². The fourth-order valence-corrected chi connectivity index (χ4v) is 0.990. The molecular formula is C7H10O8. The van der Waals surface area contributed by atoms with Gasteiger partial charge in [-0.3, -0.25) is 9.59 Å². The van der Waals surface area contributed by atoms with Crippen molar-refractivity contribution in [3.8, 4) is 0 Å². The molecule has 0 aliphatic rings. The third-order valence-corrected chi connectivity index (χ3v) is 1.60. The van der Waals surface area contributed by atoms with Crippen molar-refractivity contribution in [2.24, 2.45) is 0 Å². The van der Waals surface area contributed by atoms with Crippen molar-refractivity contribution in [1.29, 1.82) is 0 Å². The molecule has 0 bridgehead atoms. The van der Waals surface area contributed by atoms with E-state index in [9.17, 15) is 14.4 Å². The highest BCUT2D eigenvalue weighted by atomic mass is 16.6. The summed E-state index contributed by atoms with van der Waals surface area (Å²) in [5.41, 5.74) is -2.44. The molecule has 0 atom stereocenters. The molecule has 4 N–H and O–H groups in total. The molecule has 8 heteroatoms. The number of carboxylic acid groups (broad SMARTS) is 3. The number of hydrogen-bond acceptors (Lipinski definition) is 5. The Kier molecular flexibility index (Phi) is 4.68. The summed E-state index contributed by atoms with van der Waals surface area (Å²) in [5.74, 6) is -4.82. The number of aliphatic hydroxyl groups excluding tert-OH is 1. The fourth-order valence-electron chi connectivity index (χ4n) is 0.990. The molecule has 0 fully saturated rings. The van der Waals surface area contributed by atoms with Crippen molar-refractivity contribution in [3.05, 3.63) is 0 Å². The van der Waals surface area contributed by atoms with Crippen LogP contribution in [0.15, 0.2) is 0 Å². The van der Waals surface area contributed by atoms with Crippen molar-refractivity contribution in [2.75, 3.05) is 6.79 Å². The summed E-state index contributed by atoms with van der Waals surface area (Å²) in [4.78, 5) is 31.4. The molecule has 0 aliphatic heterocycles. The molecule has 0 heterocycles. The summed E-state index contributed by atoms with van der Waals surface area (Å²) in [6, 6.07) is 0. The summed E-state index contributed by atoms with van der Waals surface area (Å²) in [6.45, 7) is -1.08. The molecule has 0 aromatic heterocycles. The van der Waals surface area contributed by atoms with Gasteiger partial charge < -0.3 is 25.2 Å². The highest BCUT2D eigenvalue weighted by Gasteiger charge is 2.44. The average Bonchev–Trinajstić information content (AvgIpc) is 2.01. The van der Waals surface area contributed by atoms with Crippen molar-refractivity contribution >= 4 is 17.9 Å². The SMILES string of the molecule is O=C(O)CC(CC(=O)O)(OCO)C(=O)O. The van der Waals surface area contributed by atoms with Gasteiger partial charge in [0.2, 0.25) is 0 Å². The normalized spacial score (nSPS) is 11.0. The van der Waals surface area contributed by atoms with Crippen LogP contribution in [0.3, 0.4) is 0 Å². The lowest BCUT2D eigenvalue weighted by molar-refractivity contribution is -0.189. The largest absolute Gasteiger partial charge is 0.481 e. The van der Waals surface area contributed by atoms with E-state index in [1.54, 1.807) is 0 Å². The molecule has 0 radical (unpaired) electrons. The summed E-state index contributed by atoms with van der Waals surface area (Å²) in [7, 11) is 0. The van der Waals surface area contributed by atoms with E-state index in [1.165, 1.54) is 0 Å². The highest BCUT2D eigenvalue weighted by Crippen LogP contribution is 2.21. The summed E-state index contributed by atoms with van der Waals surface area (Å²) in [6.07, 6.45) is -2.09. The first-order valence-electron chi connectivity index (χ1n) is 3.76. The molecule has 0 aromatic rings.